The fraction of sp³-hybridized carbons (Fsp3) is 0.250. The van der Waals surface area contributed by atoms with Crippen LogP contribution in [0.15, 0.2) is 36.4 Å². The Balaban J connectivity index is 1.78. The lowest BCUT2D eigenvalue weighted by molar-refractivity contribution is 0.164. The van der Waals surface area contributed by atoms with Crippen LogP contribution in [0.25, 0.3) is 0 Å². The van der Waals surface area contributed by atoms with Gasteiger partial charge in [-0.15, -0.1) is 0 Å². The van der Waals surface area contributed by atoms with Crippen LogP contribution in [0.3, 0.4) is 0 Å². The lowest BCUT2D eigenvalue weighted by Crippen LogP contribution is -2.15. The quantitative estimate of drug-likeness (QED) is 0.945. The van der Waals surface area contributed by atoms with Crippen molar-refractivity contribution >= 4 is 0 Å². The van der Waals surface area contributed by atoms with Crippen LogP contribution in [0.2, 0.25) is 0 Å². The molecule has 0 aliphatic carbocycles. The van der Waals surface area contributed by atoms with Crippen molar-refractivity contribution in [3.63, 3.8) is 0 Å². The molecule has 1 N–H and O–H groups in total. The highest BCUT2D eigenvalue weighted by Gasteiger charge is 2.16. The smallest absolute Gasteiger partial charge is 0.161 e. The van der Waals surface area contributed by atoms with E-state index in [2.05, 4.69) is 0 Å². The normalized spacial score (nSPS) is 14.8. The van der Waals surface area contributed by atoms with E-state index in [1.54, 1.807) is 18.2 Å². The predicted molar refractivity (Wildman–Crippen MR) is 72.5 cm³/mol. The van der Waals surface area contributed by atoms with Gasteiger partial charge in [-0.1, -0.05) is 12.1 Å². The number of hydrogen-bond acceptors (Lipinski definition) is 3. The van der Waals surface area contributed by atoms with E-state index in [-0.39, 0.29) is 6.42 Å². The Bertz CT molecular complexity index is 658. The fourth-order valence-corrected chi connectivity index (χ4v) is 2.27. The summed E-state index contributed by atoms with van der Waals surface area (Å²) in [5.41, 5.74) is 1.17. The molecule has 2 aromatic carbocycles. The molecule has 0 saturated heterocycles. The number of ether oxygens (including phenoxy) is 2. The van der Waals surface area contributed by atoms with Gasteiger partial charge < -0.3 is 14.6 Å². The summed E-state index contributed by atoms with van der Waals surface area (Å²) >= 11 is 0. The van der Waals surface area contributed by atoms with Gasteiger partial charge in [0.05, 0.1) is 6.10 Å². The number of rotatable bonds is 3. The lowest BCUT2D eigenvalue weighted by Gasteiger charge is -2.20. The summed E-state index contributed by atoms with van der Waals surface area (Å²) < 4.78 is 36.9. The first-order chi connectivity index (χ1) is 10.1. The minimum atomic E-state index is -0.915. The van der Waals surface area contributed by atoms with Gasteiger partial charge in [0, 0.05) is 6.42 Å². The number of hydrogen-bond donors (Lipinski definition) is 1. The zero-order valence-corrected chi connectivity index (χ0v) is 11.2. The molecule has 1 aliphatic rings. The molecule has 0 amide bonds. The molecule has 0 bridgehead atoms. The fourth-order valence-electron chi connectivity index (χ4n) is 2.27. The van der Waals surface area contributed by atoms with Crippen molar-refractivity contribution in [1.82, 2.24) is 0 Å². The van der Waals surface area contributed by atoms with Gasteiger partial charge in [-0.05, 0) is 35.4 Å². The minimum absolute atomic E-state index is 0.191. The number of halogens is 2. The van der Waals surface area contributed by atoms with Crippen molar-refractivity contribution in [2.45, 2.75) is 12.5 Å². The Hall–Kier alpha value is -2.14. The molecule has 0 fully saturated rings. The van der Waals surface area contributed by atoms with Crippen molar-refractivity contribution in [3.8, 4) is 11.5 Å². The van der Waals surface area contributed by atoms with Crippen LogP contribution >= 0.6 is 0 Å². The van der Waals surface area contributed by atoms with Crippen LogP contribution < -0.4 is 9.47 Å². The summed E-state index contributed by atoms with van der Waals surface area (Å²) in [6.07, 6.45) is -0.637. The highest BCUT2D eigenvalue weighted by molar-refractivity contribution is 5.44. The van der Waals surface area contributed by atoms with E-state index in [1.165, 1.54) is 6.07 Å². The van der Waals surface area contributed by atoms with Gasteiger partial charge in [0.15, 0.2) is 23.1 Å². The number of fused-ring (bicyclic) bond motifs is 1. The average molecular weight is 292 g/mol. The largest absolute Gasteiger partial charge is 0.486 e. The van der Waals surface area contributed by atoms with Crippen LogP contribution in [0.1, 0.15) is 17.2 Å². The van der Waals surface area contributed by atoms with E-state index >= 15 is 0 Å². The molecular weight excluding hydrogens is 278 g/mol. The van der Waals surface area contributed by atoms with Gasteiger partial charge in [-0.3, -0.25) is 0 Å². The van der Waals surface area contributed by atoms with Gasteiger partial charge in [0.1, 0.15) is 13.2 Å². The summed E-state index contributed by atoms with van der Waals surface area (Å²) in [6.45, 7) is 0.972. The Kier molecular flexibility index (Phi) is 3.75. The topological polar surface area (TPSA) is 38.7 Å². The SMILES string of the molecule is OC(Cc1ccc(F)c(F)c1)c1ccc2c(c1)OCCO2. The van der Waals surface area contributed by atoms with Crippen molar-refractivity contribution in [3.05, 3.63) is 59.2 Å². The zero-order chi connectivity index (χ0) is 14.8. The van der Waals surface area contributed by atoms with Crippen LogP contribution in [0.4, 0.5) is 8.78 Å². The third kappa shape index (κ3) is 2.97. The van der Waals surface area contributed by atoms with Gasteiger partial charge in [-0.25, -0.2) is 8.78 Å². The summed E-state index contributed by atoms with van der Waals surface area (Å²) in [4.78, 5) is 0. The van der Waals surface area contributed by atoms with E-state index in [4.69, 9.17) is 9.47 Å². The third-order valence-corrected chi connectivity index (χ3v) is 3.36. The van der Waals surface area contributed by atoms with Crippen LogP contribution in [-0.4, -0.2) is 18.3 Å². The molecule has 0 aromatic heterocycles. The maximum Gasteiger partial charge on any atom is 0.161 e. The van der Waals surface area contributed by atoms with E-state index in [9.17, 15) is 13.9 Å². The van der Waals surface area contributed by atoms with Crippen molar-refractivity contribution in [1.29, 1.82) is 0 Å². The average Bonchev–Trinajstić information content (AvgIpc) is 2.50. The summed E-state index contributed by atoms with van der Waals surface area (Å²) in [5, 5.41) is 10.2. The van der Waals surface area contributed by atoms with Gasteiger partial charge >= 0.3 is 0 Å². The van der Waals surface area contributed by atoms with E-state index in [0.717, 1.165) is 12.1 Å². The van der Waals surface area contributed by atoms with E-state index in [1.807, 2.05) is 0 Å². The molecule has 1 unspecified atom stereocenters. The Labute approximate surface area is 120 Å². The molecule has 1 heterocycles. The van der Waals surface area contributed by atoms with Crippen molar-refractivity contribution in [2.24, 2.45) is 0 Å². The van der Waals surface area contributed by atoms with Crippen molar-refractivity contribution < 1.29 is 23.4 Å². The first-order valence-electron chi connectivity index (χ1n) is 6.65. The number of aliphatic hydroxyl groups excluding tert-OH is 1. The Morgan fingerprint density at radius 1 is 0.952 bits per heavy atom. The van der Waals surface area contributed by atoms with Crippen LogP contribution in [0, 0.1) is 11.6 Å². The first kappa shape index (κ1) is 13.8. The molecule has 0 saturated carbocycles. The monoisotopic (exact) mass is 292 g/mol. The molecule has 5 heteroatoms. The predicted octanol–water partition coefficient (Wildman–Crippen LogP) is 3.01. The van der Waals surface area contributed by atoms with Crippen molar-refractivity contribution in [2.75, 3.05) is 13.2 Å². The van der Waals surface area contributed by atoms with E-state index in [0.29, 0.717) is 35.8 Å². The molecular formula is C16H14F2O3. The minimum Gasteiger partial charge on any atom is -0.486 e. The maximum absolute atomic E-state index is 13.2. The number of aliphatic hydroxyl groups is 1. The Morgan fingerprint density at radius 3 is 2.48 bits per heavy atom. The van der Waals surface area contributed by atoms with Crippen LogP contribution in [0.5, 0.6) is 11.5 Å². The molecule has 3 nitrogen and oxygen atoms in total. The molecule has 21 heavy (non-hydrogen) atoms. The lowest BCUT2D eigenvalue weighted by atomic mass is 10.0. The second-order valence-corrected chi connectivity index (χ2v) is 4.87. The molecule has 3 rings (SSSR count). The molecule has 110 valence electrons. The number of benzene rings is 2. The molecule has 1 aliphatic heterocycles. The highest BCUT2D eigenvalue weighted by atomic mass is 19.2. The molecule has 0 spiro atoms. The third-order valence-electron chi connectivity index (χ3n) is 3.36. The maximum atomic E-state index is 13.2. The Morgan fingerprint density at radius 2 is 1.71 bits per heavy atom. The summed E-state index contributed by atoms with van der Waals surface area (Å²) in [7, 11) is 0. The second-order valence-electron chi connectivity index (χ2n) is 4.87. The van der Waals surface area contributed by atoms with Gasteiger partial charge in [0.2, 0.25) is 0 Å². The standard InChI is InChI=1S/C16H14F2O3/c17-12-3-1-10(7-13(12)18)8-14(19)11-2-4-15-16(9-11)21-6-5-20-15/h1-4,7,9,14,19H,5-6,8H2. The molecule has 2 aromatic rings. The van der Waals surface area contributed by atoms with Gasteiger partial charge in [0.25, 0.3) is 0 Å². The van der Waals surface area contributed by atoms with E-state index < -0.39 is 17.7 Å². The zero-order valence-electron chi connectivity index (χ0n) is 11.2. The second kappa shape index (κ2) is 5.69. The molecule has 0 radical (unpaired) electrons. The van der Waals surface area contributed by atoms with Crippen LogP contribution in [-0.2, 0) is 6.42 Å². The molecule has 1 atom stereocenters. The summed E-state index contributed by atoms with van der Waals surface area (Å²) in [5.74, 6) is -0.581. The first-order valence-corrected chi connectivity index (χ1v) is 6.65. The summed E-state index contributed by atoms with van der Waals surface area (Å²) in [6, 6.07) is 8.78. The van der Waals surface area contributed by atoms with Gasteiger partial charge in [-0.2, -0.15) is 0 Å². The highest BCUT2D eigenvalue weighted by Crippen LogP contribution is 2.33.